The molecule has 3 saturated heterocycles. The Morgan fingerprint density at radius 2 is 1.98 bits per heavy atom. The van der Waals surface area contributed by atoms with E-state index >= 15 is 0 Å². The minimum Gasteiger partial charge on any atom is -0.453 e. The van der Waals surface area contributed by atoms with Crippen molar-refractivity contribution in [2.75, 3.05) is 37.5 Å². The van der Waals surface area contributed by atoms with Crippen molar-refractivity contribution in [3.8, 4) is 17.6 Å². The van der Waals surface area contributed by atoms with Crippen LogP contribution in [0.5, 0.6) is 11.5 Å². The van der Waals surface area contributed by atoms with Crippen molar-refractivity contribution in [3.63, 3.8) is 0 Å². The first kappa shape index (κ1) is 26.3. The molecule has 4 heterocycles. The molecule has 1 aliphatic carbocycles. The normalized spacial score (nSPS) is 25.2. The number of benzene rings is 2. The van der Waals surface area contributed by atoms with Crippen LogP contribution in [0.25, 0.3) is 10.9 Å². The summed E-state index contributed by atoms with van der Waals surface area (Å²) in [5.74, 6) is -0.397. The number of nitrogens with zero attached hydrogens (tertiary/aromatic N) is 4. The monoisotopic (exact) mass is 580 g/mol. The molecule has 1 spiro atoms. The fraction of sp³-hybridized carbons (Fsp3) is 0.464. The van der Waals surface area contributed by atoms with Gasteiger partial charge in [0.25, 0.3) is 5.56 Å². The minimum atomic E-state index is -3.92. The lowest BCUT2D eigenvalue weighted by Gasteiger charge is -2.32. The standard InChI is InChI=1S/C28H29FN6O5S/c29-23-2-4-25(33-41(37,38)34-13-17-9-18(17)14-34)22(12-30)26(23)40-20-1-3-24-21(10-20)27(36)35(16-32-24)19-11-28(39-15-19)5-7-31-8-6-28/h1-4,10,16-19,31,33H,5-9,11,13-15H2/t17?,18?,19-/m1/s1. The minimum absolute atomic E-state index is 0.0811. The number of aromatic nitrogens is 2. The maximum absolute atomic E-state index is 15.0. The van der Waals surface area contributed by atoms with Crippen molar-refractivity contribution in [1.29, 1.82) is 5.26 Å². The second-order valence-electron chi connectivity index (χ2n) is 11.4. The third-order valence-corrected chi connectivity index (χ3v) is 10.3. The molecule has 0 amide bonds. The number of piperidine rings is 2. The summed E-state index contributed by atoms with van der Waals surface area (Å²) in [5, 5.41) is 13.5. The van der Waals surface area contributed by atoms with Gasteiger partial charge in [-0.2, -0.15) is 18.0 Å². The molecule has 1 saturated carbocycles. The molecular formula is C28H29FN6O5S. The lowest BCUT2D eigenvalue weighted by Crippen LogP contribution is -2.41. The molecule has 7 rings (SSSR count). The molecule has 41 heavy (non-hydrogen) atoms. The summed E-state index contributed by atoms with van der Waals surface area (Å²) in [6.45, 7) is 3.03. The third-order valence-electron chi connectivity index (χ3n) is 8.82. The Kier molecular flexibility index (Phi) is 6.27. The highest BCUT2D eigenvalue weighted by Crippen LogP contribution is 2.46. The fourth-order valence-corrected chi connectivity index (χ4v) is 7.75. The number of hydrogen-bond acceptors (Lipinski definition) is 8. The summed E-state index contributed by atoms with van der Waals surface area (Å²) in [7, 11) is -3.92. The van der Waals surface area contributed by atoms with Crippen LogP contribution in [0.2, 0.25) is 0 Å². The van der Waals surface area contributed by atoms with Gasteiger partial charge in [-0.05, 0) is 80.9 Å². The molecule has 1 aromatic heterocycles. The Morgan fingerprint density at radius 3 is 2.73 bits per heavy atom. The number of fused-ring (bicyclic) bond motifs is 2. The molecule has 13 heteroatoms. The van der Waals surface area contributed by atoms with Crippen molar-refractivity contribution in [1.82, 2.24) is 19.2 Å². The van der Waals surface area contributed by atoms with E-state index in [4.69, 9.17) is 9.47 Å². The van der Waals surface area contributed by atoms with Crippen molar-refractivity contribution >= 4 is 26.8 Å². The van der Waals surface area contributed by atoms with Crippen LogP contribution in [0.1, 0.15) is 37.3 Å². The van der Waals surface area contributed by atoms with E-state index in [0.29, 0.717) is 37.0 Å². The summed E-state index contributed by atoms with van der Waals surface area (Å²) in [6, 6.07) is 8.54. The van der Waals surface area contributed by atoms with Crippen LogP contribution in [0, 0.1) is 29.0 Å². The molecule has 2 unspecified atom stereocenters. The highest BCUT2D eigenvalue weighted by molar-refractivity contribution is 7.90. The molecule has 3 aliphatic heterocycles. The second-order valence-corrected chi connectivity index (χ2v) is 13.1. The first-order valence-electron chi connectivity index (χ1n) is 13.8. The van der Waals surface area contributed by atoms with E-state index < -0.39 is 21.8 Å². The Labute approximate surface area is 236 Å². The molecule has 3 atom stereocenters. The zero-order chi connectivity index (χ0) is 28.4. The largest absolute Gasteiger partial charge is 0.453 e. The zero-order valence-electron chi connectivity index (χ0n) is 22.2. The lowest BCUT2D eigenvalue weighted by atomic mass is 9.88. The Hall–Kier alpha value is -3.57. The maximum atomic E-state index is 15.0. The molecule has 11 nitrogen and oxygen atoms in total. The topological polar surface area (TPSA) is 139 Å². The van der Waals surface area contributed by atoms with Gasteiger partial charge < -0.3 is 14.8 Å². The van der Waals surface area contributed by atoms with Crippen molar-refractivity contribution in [2.45, 2.75) is 37.3 Å². The summed E-state index contributed by atoms with van der Waals surface area (Å²) in [5.41, 5.74) is -0.437. The van der Waals surface area contributed by atoms with Crippen molar-refractivity contribution in [2.24, 2.45) is 11.8 Å². The van der Waals surface area contributed by atoms with Gasteiger partial charge in [0.15, 0.2) is 11.6 Å². The number of rotatable bonds is 6. The predicted octanol–water partition coefficient (Wildman–Crippen LogP) is 2.89. The van der Waals surface area contributed by atoms with E-state index in [1.807, 2.05) is 6.07 Å². The van der Waals surface area contributed by atoms with Crippen LogP contribution in [0.3, 0.4) is 0 Å². The van der Waals surface area contributed by atoms with E-state index in [9.17, 15) is 22.9 Å². The average Bonchev–Trinajstić information content (AvgIpc) is 3.36. The third kappa shape index (κ3) is 4.74. The van der Waals surface area contributed by atoms with Crippen LogP contribution in [0.15, 0.2) is 41.5 Å². The Balaban J connectivity index is 1.17. The number of ether oxygens (including phenoxy) is 2. The number of nitriles is 1. The first-order chi connectivity index (χ1) is 19.7. The number of halogens is 1. The smallest absolute Gasteiger partial charge is 0.301 e. The molecule has 4 fully saturated rings. The average molecular weight is 581 g/mol. The first-order valence-corrected chi connectivity index (χ1v) is 15.2. The molecule has 2 N–H and O–H groups in total. The summed E-state index contributed by atoms with van der Waals surface area (Å²) < 4.78 is 58.2. The highest BCUT2D eigenvalue weighted by Gasteiger charge is 2.49. The van der Waals surface area contributed by atoms with Gasteiger partial charge in [-0.1, -0.05) is 0 Å². The molecule has 4 aliphatic rings. The van der Waals surface area contributed by atoms with Crippen LogP contribution >= 0.6 is 0 Å². The van der Waals surface area contributed by atoms with Gasteiger partial charge in [0.05, 0.1) is 41.2 Å². The number of anilines is 1. The van der Waals surface area contributed by atoms with Crippen LogP contribution in [-0.2, 0) is 14.9 Å². The van der Waals surface area contributed by atoms with E-state index in [1.54, 1.807) is 10.6 Å². The SMILES string of the molecule is N#Cc1c(NS(=O)(=O)N2CC3CC3C2)ccc(F)c1Oc1ccc2ncn([C@H]3COC4(CCNCC4)C3)c(=O)c2c1. The van der Waals surface area contributed by atoms with Gasteiger partial charge >= 0.3 is 10.2 Å². The van der Waals surface area contributed by atoms with Crippen molar-refractivity contribution < 1.29 is 22.3 Å². The van der Waals surface area contributed by atoms with E-state index in [1.165, 1.54) is 28.8 Å². The lowest BCUT2D eigenvalue weighted by molar-refractivity contribution is -0.0196. The van der Waals surface area contributed by atoms with Gasteiger partial charge in [0.1, 0.15) is 17.4 Å². The van der Waals surface area contributed by atoms with Crippen LogP contribution in [0.4, 0.5) is 10.1 Å². The molecular weight excluding hydrogens is 551 g/mol. The van der Waals surface area contributed by atoms with Gasteiger partial charge in [-0.3, -0.25) is 14.1 Å². The van der Waals surface area contributed by atoms with Gasteiger partial charge in [-0.15, -0.1) is 0 Å². The molecule has 0 bridgehead atoms. The molecule has 3 aromatic rings. The summed E-state index contributed by atoms with van der Waals surface area (Å²) in [4.78, 5) is 18.0. The van der Waals surface area contributed by atoms with Crippen LogP contribution < -0.4 is 20.3 Å². The maximum Gasteiger partial charge on any atom is 0.301 e. The van der Waals surface area contributed by atoms with E-state index in [-0.39, 0.29) is 39.6 Å². The van der Waals surface area contributed by atoms with Gasteiger partial charge in [0.2, 0.25) is 0 Å². The molecule has 0 radical (unpaired) electrons. The predicted molar refractivity (Wildman–Crippen MR) is 147 cm³/mol. The quantitative estimate of drug-likeness (QED) is 0.454. The second kappa shape index (κ2) is 9.77. The van der Waals surface area contributed by atoms with E-state index in [2.05, 4.69) is 15.0 Å². The number of nitrogens with one attached hydrogen (secondary N) is 2. The summed E-state index contributed by atoms with van der Waals surface area (Å²) in [6.07, 6.45) is 5.06. The highest BCUT2D eigenvalue weighted by atomic mass is 32.2. The van der Waals surface area contributed by atoms with Crippen molar-refractivity contribution in [3.05, 3.63) is 58.4 Å². The molecule has 2 aromatic carbocycles. The Morgan fingerprint density at radius 1 is 1.20 bits per heavy atom. The summed E-state index contributed by atoms with van der Waals surface area (Å²) >= 11 is 0. The zero-order valence-corrected chi connectivity index (χ0v) is 23.0. The fourth-order valence-electron chi connectivity index (χ4n) is 6.39. The van der Waals surface area contributed by atoms with Crippen LogP contribution in [-0.4, -0.2) is 60.7 Å². The van der Waals surface area contributed by atoms with Gasteiger partial charge in [0, 0.05) is 13.1 Å². The number of hydrogen-bond donors (Lipinski definition) is 2. The Bertz CT molecular complexity index is 1740. The van der Waals surface area contributed by atoms with Gasteiger partial charge in [-0.25, -0.2) is 9.37 Å². The molecule has 214 valence electrons. The van der Waals surface area contributed by atoms with E-state index in [0.717, 1.165) is 44.8 Å².